The van der Waals surface area contributed by atoms with E-state index in [9.17, 15) is 4.39 Å². The number of aromatic nitrogens is 2. The highest BCUT2D eigenvalue weighted by atomic mass is 19.1. The predicted molar refractivity (Wildman–Crippen MR) is 71.9 cm³/mol. The van der Waals surface area contributed by atoms with Gasteiger partial charge in [0.05, 0.1) is 18.9 Å². The highest BCUT2D eigenvalue weighted by Gasteiger charge is 2.05. The van der Waals surface area contributed by atoms with E-state index in [1.54, 1.807) is 18.2 Å². The second kappa shape index (κ2) is 6.48. The Balaban J connectivity index is 1.87. The molecule has 0 saturated carbocycles. The van der Waals surface area contributed by atoms with Crippen LogP contribution >= 0.6 is 0 Å². The molecule has 0 bridgehead atoms. The van der Waals surface area contributed by atoms with Crippen LogP contribution in [-0.2, 0) is 0 Å². The Morgan fingerprint density at radius 3 is 2.75 bits per heavy atom. The molecule has 1 aromatic carbocycles. The van der Waals surface area contributed by atoms with Crippen molar-refractivity contribution in [2.75, 3.05) is 25.1 Å². The molecule has 0 unspecified atom stereocenters. The minimum atomic E-state index is -0.381. The number of ether oxygens (including phenoxy) is 1. The van der Waals surface area contributed by atoms with Gasteiger partial charge in [0.25, 0.3) is 0 Å². The molecular weight excluding hydrogens is 259 g/mol. The number of halogens is 1. The smallest absolute Gasteiger partial charge is 0.165 e. The summed E-state index contributed by atoms with van der Waals surface area (Å²) in [7, 11) is 1.82. The maximum atomic E-state index is 13.3. The van der Waals surface area contributed by atoms with E-state index in [-0.39, 0.29) is 17.3 Å². The molecule has 0 N–H and O–H groups in total. The number of benzene rings is 1. The summed E-state index contributed by atoms with van der Waals surface area (Å²) in [5.41, 5.74) is 0.268. The zero-order valence-corrected chi connectivity index (χ0v) is 11.0. The van der Waals surface area contributed by atoms with Gasteiger partial charge in [0, 0.05) is 7.05 Å². The summed E-state index contributed by atoms with van der Waals surface area (Å²) in [6.45, 7) is 0.841. The van der Waals surface area contributed by atoms with E-state index in [0.717, 1.165) is 0 Å². The summed E-state index contributed by atoms with van der Waals surface area (Å²) in [6.07, 6.45) is 2.92. The van der Waals surface area contributed by atoms with Gasteiger partial charge in [0.1, 0.15) is 18.5 Å². The van der Waals surface area contributed by atoms with E-state index >= 15 is 0 Å². The van der Waals surface area contributed by atoms with Gasteiger partial charge in [-0.2, -0.15) is 5.26 Å². The van der Waals surface area contributed by atoms with Gasteiger partial charge in [0.15, 0.2) is 17.3 Å². The van der Waals surface area contributed by atoms with Crippen LogP contribution in [0, 0.1) is 17.1 Å². The van der Waals surface area contributed by atoms with Crippen LogP contribution in [0.15, 0.2) is 36.7 Å². The predicted octanol–water partition coefficient (Wildman–Crippen LogP) is 2.00. The lowest BCUT2D eigenvalue weighted by molar-refractivity contribution is 0.309. The van der Waals surface area contributed by atoms with Crippen molar-refractivity contribution in [3.63, 3.8) is 0 Å². The van der Waals surface area contributed by atoms with Crippen LogP contribution < -0.4 is 9.64 Å². The first-order valence-corrected chi connectivity index (χ1v) is 6.01. The van der Waals surface area contributed by atoms with Crippen molar-refractivity contribution in [2.24, 2.45) is 0 Å². The lowest BCUT2D eigenvalue weighted by atomic mass is 10.3. The van der Waals surface area contributed by atoms with Crippen LogP contribution in [0.3, 0.4) is 0 Å². The summed E-state index contributed by atoms with van der Waals surface area (Å²) < 4.78 is 18.7. The van der Waals surface area contributed by atoms with Crippen LogP contribution in [0.2, 0.25) is 0 Å². The number of nitrogens with zero attached hydrogens (tertiary/aromatic N) is 4. The quantitative estimate of drug-likeness (QED) is 0.833. The molecule has 0 aliphatic carbocycles. The molecule has 1 aromatic heterocycles. The summed E-state index contributed by atoms with van der Waals surface area (Å²) in [5.74, 6) is 0.473. The number of anilines is 1. The van der Waals surface area contributed by atoms with E-state index in [2.05, 4.69) is 9.97 Å². The Kier molecular flexibility index (Phi) is 4.45. The molecule has 0 atom stereocenters. The van der Waals surface area contributed by atoms with Crippen LogP contribution in [0.1, 0.15) is 5.69 Å². The monoisotopic (exact) mass is 272 g/mol. The van der Waals surface area contributed by atoms with Crippen molar-refractivity contribution < 1.29 is 9.13 Å². The SMILES string of the molecule is CN(CCOc1ccccc1F)c1cnc(C#N)cn1. The zero-order valence-electron chi connectivity index (χ0n) is 11.0. The number of likely N-dealkylation sites (N-methyl/N-ethyl adjacent to an activating group) is 1. The van der Waals surface area contributed by atoms with Crippen LogP contribution in [-0.4, -0.2) is 30.2 Å². The Morgan fingerprint density at radius 2 is 2.10 bits per heavy atom. The molecule has 2 rings (SSSR count). The number of rotatable bonds is 5. The standard InChI is InChI=1S/C14H13FN4O/c1-19(14-10-17-11(8-16)9-18-14)6-7-20-13-5-3-2-4-12(13)15/h2-5,9-10H,6-7H2,1H3. The van der Waals surface area contributed by atoms with Gasteiger partial charge in [-0.05, 0) is 12.1 Å². The van der Waals surface area contributed by atoms with Crippen molar-refractivity contribution in [2.45, 2.75) is 0 Å². The largest absolute Gasteiger partial charge is 0.489 e. The third-order valence-electron chi connectivity index (χ3n) is 2.66. The molecule has 5 nitrogen and oxygen atoms in total. The third kappa shape index (κ3) is 3.42. The maximum Gasteiger partial charge on any atom is 0.165 e. The summed E-state index contributed by atoms with van der Waals surface area (Å²) in [6, 6.07) is 8.17. The molecular formula is C14H13FN4O. The normalized spacial score (nSPS) is 9.85. The lowest BCUT2D eigenvalue weighted by Gasteiger charge is -2.17. The van der Waals surface area contributed by atoms with Crippen LogP contribution in [0.4, 0.5) is 10.2 Å². The van der Waals surface area contributed by atoms with Crippen molar-refractivity contribution in [3.05, 3.63) is 48.2 Å². The zero-order chi connectivity index (χ0) is 14.4. The van der Waals surface area contributed by atoms with E-state index in [4.69, 9.17) is 10.00 Å². The molecule has 2 aromatic rings. The van der Waals surface area contributed by atoms with Crippen LogP contribution in [0.5, 0.6) is 5.75 Å². The number of hydrogen-bond acceptors (Lipinski definition) is 5. The molecule has 0 radical (unpaired) electrons. The third-order valence-corrected chi connectivity index (χ3v) is 2.66. The van der Waals surface area contributed by atoms with Crippen molar-refractivity contribution in [1.82, 2.24) is 9.97 Å². The first kappa shape index (κ1) is 13.7. The van der Waals surface area contributed by atoms with E-state index in [1.165, 1.54) is 18.5 Å². The highest BCUT2D eigenvalue weighted by Crippen LogP contribution is 2.15. The molecule has 6 heteroatoms. The van der Waals surface area contributed by atoms with Gasteiger partial charge in [-0.25, -0.2) is 14.4 Å². The topological polar surface area (TPSA) is 62.0 Å². The van der Waals surface area contributed by atoms with E-state index < -0.39 is 0 Å². The minimum Gasteiger partial charge on any atom is -0.489 e. The Morgan fingerprint density at radius 1 is 1.30 bits per heavy atom. The van der Waals surface area contributed by atoms with Gasteiger partial charge < -0.3 is 9.64 Å². The molecule has 0 saturated heterocycles. The van der Waals surface area contributed by atoms with E-state index in [1.807, 2.05) is 18.0 Å². The Bertz CT molecular complexity index is 609. The Labute approximate surface area is 116 Å². The second-order valence-electron chi connectivity index (χ2n) is 4.07. The van der Waals surface area contributed by atoms with Crippen molar-refractivity contribution in [1.29, 1.82) is 5.26 Å². The van der Waals surface area contributed by atoms with Gasteiger partial charge >= 0.3 is 0 Å². The number of para-hydroxylation sites is 1. The summed E-state index contributed by atoms with van der Waals surface area (Å²) in [5, 5.41) is 8.64. The van der Waals surface area contributed by atoms with Crippen LogP contribution in [0.25, 0.3) is 0 Å². The molecule has 1 heterocycles. The fraction of sp³-hybridized carbons (Fsp3) is 0.214. The average Bonchev–Trinajstić information content (AvgIpc) is 2.49. The fourth-order valence-electron chi connectivity index (χ4n) is 1.54. The fourth-order valence-corrected chi connectivity index (χ4v) is 1.54. The first-order valence-electron chi connectivity index (χ1n) is 6.01. The molecule has 20 heavy (non-hydrogen) atoms. The first-order chi connectivity index (χ1) is 9.70. The summed E-state index contributed by atoms with van der Waals surface area (Å²) >= 11 is 0. The number of nitriles is 1. The number of hydrogen-bond donors (Lipinski definition) is 0. The van der Waals surface area contributed by atoms with Crippen molar-refractivity contribution >= 4 is 5.82 Å². The van der Waals surface area contributed by atoms with E-state index in [0.29, 0.717) is 19.0 Å². The average molecular weight is 272 g/mol. The molecule has 0 aliphatic rings. The van der Waals surface area contributed by atoms with Gasteiger partial charge in [-0.3, -0.25) is 0 Å². The highest BCUT2D eigenvalue weighted by molar-refractivity contribution is 5.36. The minimum absolute atomic E-state index is 0.229. The molecule has 0 amide bonds. The van der Waals surface area contributed by atoms with Gasteiger partial charge in [-0.15, -0.1) is 0 Å². The molecule has 0 fully saturated rings. The maximum absolute atomic E-state index is 13.3. The van der Waals surface area contributed by atoms with Gasteiger partial charge in [0.2, 0.25) is 0 Å². The molecule has 0 aliphatic heterocycles. The lowest BCUT2D eigenvalue weighted by Crippen LogP contribution is -2.24. The molecule has 102 valence electrons. The summed E-state index contributed by atoms with van der Waals surface area (Å²) in [4.78, 5) is 9.85. The van der Waals surface area contributed by atoms with Gasteiger partial charge in [-0.1, -0.05) is 12.1 Å². The second-order valence-corrected chi connectivity index (χ2v) is 4.07. The Hall–Kier alpha value is -2.68. The van der Waals surface area contributed by atoms with Crippen molar-refractivity contribution in [3.8, 4) is 11.8 Å². The molecule has 0 spiro atoms.